The highest BCUT2D eigenvalue weighted by atomic mass is 28.4. The summed E-state index contributed by atoms with van der Waals surface area (Å²) in [5.74, 6) is 0. The standard InChI is InChI=1S/C17H32OSi2.3C12H30OSi2.C9H24OSi2/c1-16(2,18-20(7,8)9)17(3,19(4,5)6)15-13-11-10-12-14-15;3*1-11(2,13-15(8,9)10)12(3,4)14(5,6)7;1-9(2,11(3,4)5)10-12(6,7)8/h10-14H,1-9H3;3*1-10H3;1-8H3. The van der Waals surface area contributed by atoms with Crippen molar-refractivity contribution in [2.24, 2.45) is 0 Å². The lowest BCUT2D eigenvalue weighted by Crippen LogP contribution is -2.63. The molecule has 77 heavy (non-hydrogen) atoms. The van der Waals surface area contributed by atoms with E-state index in [4.69, 9.17) is 22.1 Å². The molecule has 1 aromatic carbocycles. The Kier molecular flexibility index (Phi) is 30.0. The van der Waals surface area contributed by atoms with Crippen LogP contribution in [-0.2, 0) is 27.2 Å². The van der Waals surface area contributed by atoms with Crippen molar-refractivity contribution in [3.63, 3.8) is 0 Å². The minimum Gasteiger partial charge on any atom is -0.415 e. The van der Waals surface area contributed by atoms with E-state index in [1.54, 1.807) is 0 Å². The van der Waals surface area contributed by atoms with Gasteiger partial charge in [0.2, 0.25) is 0 Å². The molecule has 0 amide bonds. The molecule has 0 aromatic heterocycles. The van der Waals surface area contributed by atoms with Crippen LogP contribution in [0, 0.1) is 0 Å². The third kappa shape index (κ3) is 27.4. The van der Waals surface area contributed by atoms with Gasteiger partial charge in [-0.2, -0.15) is 0 Å². The Morgan fingerprint density at radius 1 is 0.234 bits per heavy atom. The third-order valence-corrected chi connectivity index (χ3v) is 45.3. The van der Waals surface area contributed by atoms with Crippen molar-refractivity contribution in [2.45, 2.75) is 362 Å². The number of hydrogen-bond donors (Lipinski definition) is 0. The van der Waals surface area contributed by atoms with Gasteiger partial charge in [0.15, 0.2) is 41.6 Å². The zero-order valence-electron chi connectivity index (χ0n) is 61.9. The van der Waals surface area contributed by atoms with Gasteiger partial charge in [0.05, 0.1) is 62.8 Å². The molecule has 1 unspecified atom stereocenters. The molecule has 15 heteroatoms. The molecule has 1 aromatic rings. The van der Waals surface area contributed by atoms with Crippen LogP contribution in [0.15, 0.2) is 30.3 Å². The van der Waals surface area contributed by atoms with E-state index in [0.29, 0.717) is 15.1 Å². The fourth-order valence-corrected chi connectivity index (χ4v) is 29.3. The monoisotopic (exact) mass is 1250 g/mol. The summed E-state index contributed by atoms with van der Waals surface area (Å²) in [6, 6.07) is 10.9. The van der Waals surface area contributed by atoms with Gasteiger partial charge in [0.1, 0.15) is 0 Å². The van der Waals surface area contributed by atoms with Crippen molar-refractivity contribution in [1.82, 2.24) is 0 Å². The Morgan fingerprint density at radius 2 is 0.429 bits per heavy atom. The van der Waals surface area contributed by atoms with Crippen LogP contribution in [0.4, 0.5) is 0 Å². The minimum absolute atomic E-state index is 0.0120. The SMILES string of the molecule is CC(C)(O[Si](C)(C)C)C(C)(C)[Si](C)(C)C.CC(C)(O[Si](C)(C)C)C(C)(C)[Si](C)(C)C.CC(C)(O[Si](C)(C)C)C(C)(C)[Si](C)(C)C.CC(C)(O[Si](C)(C)C)C(C)(c1ccccc1)[Si](C)(C)C.CC(C)(O[Si](C)(C)C)[Si](C)(C)C. The zero-order valence-corrected chi connectivity index (χ0v) is 71.9. The van der Waals surface area contributed by atoms with Crippen molar-refractivity contribution >= 4 is 82.0 Å². The molecule has 0 spiro atoms. The molecule has 0 fully saturated rings. The van der Waals surface area contributed by atoms with Gasteiger partial charge >= 0.3 is 0 Å². The van der Waals surface area contributed by atoms with Crippen molar-refractivity contribution < 1.29 is 22.1 Å². The van der Waals surface area contributed by atoms with E-state index in [1.165, 1.54) is 5.56 Å². The maximum atomic E-state index is 6.64. The molecule has 0 radical (unpaired) electrons. The van der Waals surface area contributed by atoms with Crippen LogP contribution in [0.5, 0.6) is 0 Å². The lowest BCUT2D eigenvalue weighted by Gasteiger charge is -2.54. The molecule has 0 saturated heterocycles. The van der Waals surface area contributed by atoms with Crippen molar-refractivity contribution in [3.8, 4) is 0 Å². The quantitative estimate of drug-likeness (QED) is 0.122. The topological polar surface area (TPSA) is 46.2 Å². The highest BCUT2D eigenvalue weighted by molar-refractivity contribution is 6.82. The summed E-state index contributed by atoms with van der Waals surface area (Å²) in [7, 11) is -13.7. The first-order valence-corrected chi connectivity index (χ1v) is 64.5. The highest BCUT2D eigenvalue weighted by Crippen LogP contribution is 2.52. The maximum absolute atomic E-state index is 6.64. The molecule has 0 aliphatic heterocycles. The fraction of sp³-hybridized carbons (Fsp3) is 0.903. The van der Waals surface area contributed by atoms with Gasteiger partial charge in [0.25, 0.3) is 0 Å². The molecule has 1 atom stereocenters. The van der Waals surface area contributed by atoms with Gasteiger partial charge in [-0.25, -0.2) is 0 Å². The molecule has 464 valence electrons. The summed E-state index contributed by atoms with van der Waals surface area (Å²) in [4.78, 5) is 0. The van der Waals surface area contributed by atoms with E-state index in [2.05, 4.69) is 344 Å². The Balaban J connectivity index is -0.000000437. The molecule has 0 heterocycles. The minimum atomic E-state index is -1.59. The Bertz CT molecular complexity index is 1750. The van der Waals surface area contributed by atoms with Crippen molar-refractivity contribution in [3.05, 3.63) is 35.9 Å². The summed E-state index contributed by atoms with van der Waals surface area (Å²) in [6.45, 7) is 110. The summed E-state index contributed by atoms with van der Waals surface area (Å²) in [5, 5.41) is 1.08. The number of rotatable bonds is 20. The van der Waals surface area contributed by atoms with Crippen LogP contribution >= 0.6 is 0 Å². The normalized spacial score (nSPS) is 15.8. The summed E-state index contributed by atoms with van der Waals surface area (Å²) in [6.07, 6.45) is 0. The van der Waals surface area contributed by atoms with Crippen molar-refractivity contribution in [2.75, 3.05) is 0 Å². The Hall–Kier alpha value is 1.19. The van der Waals surface area contributed by atoms with Crippen molar-refractivity contribution in [1.29, 1.82) is 0 Å². The van der Waals surface area contributed by atoms with E-state index in [-0.39, 0.29) is 32.7 Å². The second-order valence-electron chi connectivity index (χ2n) is 37.2. The van der Waals surface area contributed by atoms with Crippen LogP contribution in [0.1, 0.15) is 123 Å². The molecule has 1 rings (SSSR count). The van der Waals surface area contributed by atoms with E-state index >= 15 is 0 Å². The second-order valence-corrected chi connectivity index (χ2v) is 87.8. The first-order chi connectivity index (χ1) is 32.4. The van der Waals surface area contributed by atoms with Gasteiger partial charge in [-0.1, -0.05) is 177 Å². The first-order valence-electron chi connectivity index (χ1n) is 30.0. The van der Waals surface area contributed by atoms with E-state index < -0.39 is 82.0 Å². The summed E-state index contributed by atoms with van der Waals surface area (Å²) in [5.41, 5.74) is 1.23. The smallest absolute Gasteiger partial charge is 0.184 e. The lowest BCUT2D eigenvalue weighted by molar-refractivity contribution is 0.0523. The average Bonchev–Trinajstić information content (AvgIpc) is 3.05. The molecule has 0 bridgehead atoms. The predicted molar refractivity (Wildman–Crippen MR) is 385 cm³/mol. The van der Waals surface area contributed by atoms with E-state index in [1.807, 2.05) is 0 Å². The largest absolute Gasteiger partial charge is 0.415 e. The molecular weight excluding hydrogens is 1110 g/mol. The van der Waals surface area contributed by atoms with E-state index in [0.717, 1.165) is 0 Å². The third-order valence-electron chi connectivity index (χ3n) is 18.8. The summed E-state index contributed by atoms with van der Waals surface area (Å²) < 4.78 is 32.0. The first kappa shape index (κ1) is 84.6. The van der Waals surface area contributed by atoms with Gasteiger partial charge in [-0.05, 0) is 188 Å². The van der Waals surface area contributed by atoms with Gasteiger partial charge in [-0.15, -0.1) is 0 Å². The summed E-state index contributed by atoms with van der Waals surface area (Å²) >= 11 is 0. The molecule has 0 N–H and O–H groups in total. The zero-order chi connectivity index (χ0) is 64.1. The van der Waals surface area contributed by atoms with Gasteiger partial charge < -0.3 is 22.1 Å². The lowest BCUT2D eigenvalue weighted by atomic mass is 9.85. The second kappa shape index (κ2) is 27.3. The maximum Gasteiger partial charge on any atom is 0.184 e. The average molecular weight is 1250 g/mol. The van der Waals surface area contributed by atoms with Gasteiger partial charge in [0, 0.05) is 10.3 Å². The molecule has 0 aliphatic carbocycles. The van der Waals surface area contributed by atoms with Gasteiger partial charge in [-0.3, -0.25) is 0 Å². The van der Waals surface area contributed by atoms with Crippen LogP contribution < -0.4 is 0 Å². The highest BCUT2D eigenvalue weighted by Gasteiger charge is 2.54. The molecule has 0 saturated carbocycles. The van der Waals surface area contributed by atoms with Crippen LogP contribution in [0.25, 0.3) is 0 Å². The Labute approximate surface area is 498 Å². The van der Waals surface area contributed by atoms with E-state index in [9.17, 15) is 0 Å². The number of benzene rings is 1. The predicted octanol–water partition coefficient (Wildman–Crippen LogP) is 23.2. The molecule has 5 nitrogen and oxygen atoms in total. The molecular formula is C62H146O5Si10. The number of hydrogen-bond acceptors (Lipinski definition) is 5. The van der Waals surface area contributed by atoms with Crippen LogP contribution in [-0.4, -0.2) is 110 Å². The Morgan fingerprint density at radius 3 is 0.571 bits per heavy atom. The molecule has 0 aliphatic rings. The fourth-order valence-electron chi connectivity index (χ4n) is 9.63. The van der Waals surface area contributed by atoms with Crippen LogP contribution in [0.2, 0.25) is 212 Å². The van der Waals surface area contributed by atoms with Crippen LogP contribution in [0.3, 0.4) is 0 Å².